The Morgan fingerprint density at radius 1 is 1.18 bits per heavy atom. The van der Waals surface area contributed by atoms with Crippen molar-refractivity contribution in [3.63, 3.8) is 0 Å². The van der Waals surface area contributed by atoms with Crippen molar-refractivity contribution in [1.29, 1.82) is 0 Å². The predicted octanol–water partition coefficient (Wildman–Crippen LogP) is 1.84. The first-order valence-electron chi connectivity index (χ1n) is 9.14. The molecule has 2 heterocycles. The highest BCUT2D eigenvalue weighted by Crippen LogP contribution is 2.20. The minimum absolute atomic E-state index is 0.0686. The van der Waals surface area contributed by atoms with E-state index in [1.54, 1.807) is 16.0 Å². The van der Waals surface area contributed by atoms with Crippen LogP contribution in [-0.4, -0.2) is 82.0 Å². The van der Waals surface area contributed by atoms with Crippen molar-refractivity contribution >= 4 is 40.6 Å². The largest absolute Gasteiger partial charge is 0.480 e. The van der Waals surface area contributed by atoms with E-state index in [4.69, 9.17) is 0 Å². The van der Waals surface area contributed by atoms with Crippen LogP contribution >= 0.6 is 11.8 Å². The van der Waals surface area contributed by atoms with Gasteiger partial charge in [0, 0.05) is 43.3 Å². The Kier molecular flexibility index (Phi) is 6.45. The fourth-order valence-electron chi connectivity index (χ4n) is 3.26. The van der Waals surface area contributed by atoms with Crippen LogP contribution in [0.1, 0.15) is 16.8 Å². The molecule has 1 atom stereocenters. The number of piperazine rings is 1. The number of hydrogen-bond donors (Lipinski definition) is 3. The molecule has 0 spiro atoms. The summed E-state index contributed by atoms with van der Waals surface area (Å²) in [6.07, 6.45) is 3.99. The van der Waals surface area contributed by atoms with E-state index in [0.29, 0.717) is 43.9 Å². The van der Waals surface area contributed by atoms with Gasteiger partial charge in [-0.1, -0.05) is 18.2 Å². The van der Waals surface area contributed by atoms with Gasteiger partial charge in [-0.05, 0) is 24.5 Å². The number of aromatic amines is 1. The molecule has 8 nitrogen and oxygen atoms in total. The van der Waals surface area contributed by atoms with Crippen LogP contribution in [0.4, 0.5) is 4.79 Å². The Balaban J connectivity index is 1.57. The number of aromatic nitrogens is 1. The Labute approximate surface area is 167 Å². The number of thioether (sulfide) groups is 1. The molecule has 1 saturated heterocycles. The number of amides is 3. The second-order valence-corrected chi connectivity index (χ2v) is 7.63. The van der Waals surface area contributed by atoms with E-state index in [9.17, 15) is 19.5 Å². The summed E-state index contributed by atoms with van der Waals surface area (Å²) in [6.45, 7) is 1.56. The maximum absolute atomic E-state index is 12.8. The van der Waals surface area contributed by atoms with Crippen LogP contribution in [-0.2, 0) is 4.79 Å². The molecular formula is C19H24N4O4S. The average Bonchev–Trinajstić information content (AvgIpc) is 3.14. The number of aliphatic carboxylic acids is 1. The monoisotopic (exact) mass is 404 g/mol. The highest BCUT2D eigenvalue weighted by Gasteiger charge is 2.28. The van der Waals surface area contributed by atoms with Crippen molar-refractivity contribution in [3.8, 4) is 0 Å². The number of fused-ring (bicyclic) bond motifs is 1. The number of nitrogens with zero attached hydrogens (tertiary/aromatic N) is 2. The van der Waals surface area contributed by atoms with Gasteiger partial charge < -0.3 is 25.2 Å². The van der Waals surface area contributed by atoms with Crippen LogP contribution in [0.15, 0.2) is 30.5 Å². The number of H-pyrrole nitrogens is 1. The summed E-state index contributed by atoms with van der Waals surface area (Å²) in [6, 6.07) is 6.34. The molecule has 1 fully saturated rings. The predicted molar refractivity (Wildman–Crippen MR) is 109 cm³/mol. The number of rotatable bonds is 6. The molecule has 1 aliphatic rings. The second-order valence-electron chi connectivity index (χ2n) is 6.65. The van der Waals surface area contributed by atoms with Crippen molar-refractivity contribution < 1.29 is 19.5 Å². The molecule has 1 aromatic heterocycles. The third kappa shape index (κ3) is 4.41. The third-order valence-electron chi connectivity index (χ3n) is 4.88. The van der Waals surface area contributed by atoms with Crippen LogP contribution in [0.3, 0.4) is 0 Å². The van der Waals surface area contributed by atoms with E-state index in [1.807, 2.05) is 30.5 Å². The normalized spacial score (nSPS) is 15.5. The molecular weight excluding hydrogens is 380 g/mol. The molecule has 3 N–H and O–H groups in total. The maximum atomic E-state index is 12.8. The summed E-state index contributed by atoms with van der Waals surface area (Å²) in [5, 5.41) is 12.7. The first kappa shape index (κ1) is 20.1. The first-order valence-corrected chi connectivity index (χ1v) is 10.5. The summed E-state index contributed by atoms with van der Waals surface area (Å²) >= 11 is 1.54. The van der Waals surface area contributed by atoms with Crippen LogP contribution in [0, 0.1) is 0 Å². The van der Waals surface area contributed by atoms with Gasteiger partial charge in [0.25, 0.3) is 5.91 Å². The summed E-state index contributed by atoms with van der Waals surface area (Å²) in [5.41, 5.74) is 1.53. The third-order valence-corrected chi connectivity index (χ3v) is 5.52. The highest BCUT2D eigenvalue weighted by molar-refractivity contribution is 7.98. The Morgan fingerprint density at radius 3 is 2.54 bits per heavy atom. The van der Waals surface area contributed by atoms with Gasteiger partial charge in [0.1, 0.15) is 6.04 Å². The number of carboxylic acid groups (broad SMARTS) is 1. The molecule has 9 heteroatoms. The molecule has 0 aliphatic carbocycles. The van der Waals surface area contributed by atoms with Gasteiger partial charge in [-0.15, -0.1) is 0 Å². The lowest BCUT2D eigenvalue weighted by atomic mass is 10.1. The first-order chi connectivity index (χ1) is 13.5. The molecule has 1 aromatic carbocycles. The van der Waals surface area contributed by atoms with Crippen molar-refractivity contribution in [2.75, 3.05) is 38.2 Å². The summed E-state index contributed by atoms with van der Waals surface area (Å²) < 4.78 is 0. The number of benzene rings is 1. The Morgan fingerprint density at radius 2 is 1.86 bits per heavy atom. The summed E-state index contributed by atoms with van der Waals surface area (Å²) in [5.74, 6) is -0.444. The molecule has 2 aromatic rings. The van der Waals surface area contributed by atoms with Gasteiger partial charge in [0.15, 0.2) is 0 Å². The van der Waals surface area contributed by atoms with Gasteiger partial charge in [0.2, 0.25) is 0 Å². The van der Waals surface area contributed by atoms with E-state index in [1.165, 1.54) is 11.8 Å². The lowest BCUT2D eigenvalue weighted by Gasteiger charge is -2.35. The number of carbonyl (C=O) groups is 3. The number of para-hydroxylation sites is 1. The molecule has 3 rings (SSSR count). The smallest absolute Gasteiger partial charge is 0.326 e. The van der Waals surface area contributed by atoms with E-state index < -0.39 is 18.0 Å². The average molecular weight is 404 g/mol. The number of urea groups is 1. The minimum Gasteiger partial charge on any atom is -0.480 e. The van der Waals surface area contributed by atoms with Crippen molar-refractivity contribution in [1.82, 2.24) is 20.1 Å². The number of carbonyl (C=O) groups excluding carboxylic acids is 2. The standard InChI is InChI=1S/C19H24N4O4S/c1-28-11-6-16(18(25)26)21-19(27)23-9-7-22(8-10-23)17(24)14-12-20-15-5-3-2-4-13(14)15/h2-5,12,16,20H,6-11H2,1H3,(H,21,27)(H,25,26). The fourth-order valence-corrected chi connectivity index (χ4v) is 3.74. The van der Waals surface area contributed by atoms with E-state index in [2.05, 4.69) is 10.3 Å². The highest BCUT2D eigenvalue weighted by atomic mass is 32.2. The van der Waals surface area contributed by atoms with Crippen LogP contribution in [0.25, 0.3) is 10.9 Å². The molecule has 28 heavy (non-hydrogen) atoms. The van der Waals surface area contributed by atoms with E-state index in [0.717, 1.165) is 10.9 Å². The topological polar surface area (TPSA) is 106 Å². The molecule has 1 aliphatic heterocycles. The van der Waals surface area contributed by atoms with Gasteiger partial charge in [-0.2, -0.15) is 11.8 Å². The molecule has 3 amide bonds. The minimum atomic E-state index is -1.03. The fraction of sp³-hybridized carbons (Fsp3) is 0.421. The second kappa shape index (κ2) is 9.01. The van der Waals surface area contributed by atoms with Gasteiger partial charge >= 0.3 is 12.0 Å². The zero-order valence-corrected chi connectivity index (χ0v) is 16.5. The SMILES string of the molecule is CSCCC(NC(=O)N1CCN(C(=O)c2c[nH]c3ccccc23)CC1)C(=O)O. The Bertz CT molecular complexity index is 860. The van der Waals surface area contributed by atoms with Gasteiger partial charge in [-0.3, -0.25) is 4.79 Å². The lowest BCUT2D eigenvalue weighted by Crippen LogP contribution is -2.55. The van der Waals surface area contributed by atoms with Crippen LogP contribution in [0.2, 0.25) is 0 Å². The van der Waals surface area contributed by atoms with Crippen LogP contribution < -0.4 is 5.32 Å². The Hall–Kier alpha value is -2.68. The lowest BCUT2D eigenvalue weighted by molar-refractivity contribution is -0.139. The van der Waals surface area contributed by atoms with Crippen molar-refractivity contribution in [2.24, 2.45) is 0 Å². The number of nitrogens with one attached hydrogen (secondary N) is 2. The van der Waals surface area contributed by atoms with Crippen molar-refractivity contribution in [3.05, 3.63) is 36.0 Å². The number of carboxylic acids is 1. The summed E-state index contributed by atoms with van der Waals surface area (Å²) in [4.78, 5) is 42.9. The van der Waals surface area contributed by atoms with E-state index >= 15 is 0 Å². The van der Waals surface area contributed by atoms with E-state index in [-0.39, 0.29) is 5.91 Å². The molecule has 0 bridgehead atoms. The zero-order valence-electron chi connectivity index (χ0n) is 15.7. The van der Waals surface area contributed by atoms with Gasteiger partial charge in [-0.25, -0.2) is 9.59 Å². The zero-order chi connectivity index (χ0) is 20.1. The molecule has 0 saturated carbocycles. The van der Waals surface area contributed by atoms with Crippen molar-refractivity contribution in [2.45, 2.75) is 12.5 Å². The molecule has 0 radical (unpaired) electrons. The van der Waals surface area contributed by atoms with Gasteiger partial charge in [0.05, 0.1) is 5.56 Å². The molecule has 150 valence electrons. The molecule has 1 unspecified atom stereocenters. The number of hydrogen-bond acceptors (Lipinski definition) is 4. The quantitative estimate of drug-likeness (QED) is 0.681. The van der Waals surface area contributed by atoms with Crippen LogP contribution in [0.5, 0.6) is 0 Å². The maximum Gasteiger partial charge on any atom is 0.326 e. The summed E-state index contributed by atoms with van der Waals surface area (Å²) in [7, 11) is 0.